The number of nitrogens with two attached hydrogens (primary N) is 1. The molecule has 2 rings (SSSR count). The molecule has 0 fully saturated rings. The van der Waals surface area contributed by atoms with E-state index in [1.54, 1.807) is 18.2 Å². The predicted molar refractivity (Wildman–Crippen MR) is 95.7 cm³/mol. The van der Waals surface area contributed by atoms with Crippen LogP contribution < -0.4 is 15.2 Å². The lowest BCUT2D eigenvalue weighted by Gasteiger charge is -2.19. The third-order valence-electron chi connectivity index (χ3n) is 3.69. The van der Waals surface area contributed by atoms with Gasteiger partial charge in [0.2, 0.25) is 0 Å². The second-order valence-corrected chi connectivity index (χ2v) is 6.69. The Bertz CT molecular complexity index is 672. The molecule has 0 heterocycles. The summed E-state index contributed by atoms with van der Waals surface area (Å²) in [5, 5.41) is 0. The van der Waals surface area contributed by atoms with Gasteiger partial charge < -0.3 is 15.2 Å². The largest absolute Gasteiger partial charge is 0.493 e. The molecule has 0 spiro atoms. The van der Waals surface area contributed by atoms with E-state index in [1.807, 2.05) is 18.2 Å². The minimum atomic E-state index is -0.485. The molecule has 0 aliphatic heterocycles. The number of rotatable bonds is 7. The summed E-state index contributed by atoms with van der Waals surface area (Å²) < 4.78 is 11.3. The van der Waals surface area contributed by atoms with Gasteiger partial charge in [-0.15, -0.1) is 0 Å². The average Bonchev–Trinajstić information content (AvgIpc) is 2.54. The molecule has 4 nitrogen and oxygen atoms in total. The Morgan fingerprint density at radius 1 is 0.958 bits per heavy atom. The molecule has 0 bridgehead atoms. The van der Waals surface area contributed by atoms with Crippen LogP contribution in [0, 0.1) is 0 Å². The summed E-state index contributed by atoms with van der Waals surface area (Å²) in [5.41, 5.74) is 7.14. The van der Waals surface area contributed by atoms with Gasteiger partial charge in [0.15, 0.2) is 0 Å². The summed E-state index contributed by atoms with van der Waals surface area (Å²) in [6, 6.07) is 15.1. The fraction of sp³-hybridized carbons (Fsp3) is 0.350. The van der Waals surface area contributed by atoms with Crippen LogP contribution in [0.3, 0.4) is 0 Å². The minimum absolute atomic E-state index is 0.139. The molecule has 0 atom stereocenters. The fourth-order valence-corrected chi connectivity index (χ4v) is 2.28. The Morgan fingerprint density at radius 3 is 2.21 bits per heavy atom. The van der Waals surface area contributed by atoms with Gasteiger partial charge in [0.25, 0.3) is 5.91 Å². The first-order valence-electron chi connectivity index (χ1n) is 8.13. The Kier molecular flexibility index (Phi) is 5.85. The van der Waals surface area contributed by atoms with Gasteiger partial charge in [0, 0.05) is 6.42 Å². The Morgan fingerprint density at radius 2 is 1.58 bits per heavy atom. The highest BCUT2D eigenvalue weighted by Gasteiger charge is 2.13. The molecule has 2 aromatic carbocycles. The van der Waals surface area contributed by atoms with Gasteiger partial charge in [-0.25, -0.2) is 0 Å². The van der Waals surface area contributed by atoms with E-state index in [0.29, 0.717) is 30.9 Å². The number of carbonyl (C=O) groups is 1. The fourth-order valence-electron chi connectivity index (χ4n) is 2.28. The van der Waals surface area contributed by atoms with Crippen LogP contribution in [-0.2, 0) is 5.41 Å². The Labute approximate surface area is 143 Å². The van der Waals surface area contributed by atoms with Gasteiger partial charge in [0.1, 0.15) is 11.5 Å². The van der Waals surface area contributed by atoms with Crippen molar-refractivity contribution in [1.82, 2.24) is 0 Å². The van der Waals surface area contributed by atoms with Gasteiger partial charge in [0.05, 0.1) is 18.8 Å². The van der Waals surface area contributed by atoms with Gasteiger partial charge in [-0.3, -0.25) is 4.79 Å². The number of ether oxygens (including phenoxy) is 2. The number of carbonyl (C=O) groups excluding carboxylic acids is 1. The van der Waals surface area contributed by atoms with E-state index >= 15 is 0 Å². The van der Waals surface area contributed by atoms with Gasteiger partial charge >= 0.3 is 0 Å². The van der Waals surface area contributed by atoms with Gasteiger partial charge in [-0.1, -0.05) is 45.0 Å². The minimum Gasteiger partial charge on any atom is -0.493 e. The number of para-hydroxylation sites is 1. The van der Waals surface area contributed by atoms with Crippen LogP contribution in [0.4, 0.5) is 0 Å². The van der Waals surface area contributed by atoms with Crippen LogP contribution >= 0.6 is 0 Å². The van der Waals surface area contributed by atoms with Crippen molar-refractivity contribution in [2.45, 2.75) is 32.6 Å². The second-order valence-electron chi connectivity index (χ2n) is 6.69. The third-order valence-corrected chi connectivity index (χ3v) is 3.69. The summed E-state index contributed by atoms with van der Waals surface area (Å²) in [5.74, 6) is 0.876. The van der Waals surface area contributed by atoms with Crippen LogP contribution in [0.5, 0.6) is 11.5 Å². The lowest BCUT2D eigenvalue weighted by molar-refractivity contribution is 0.0996. The maximum atomic E-state index is 11.3. The average molecular weight is 327 g/mol. The number of amides is 1. The molecule has 1 amide bonds. The molecule has 0 saturated heterocycles. The van der Waals surface area contributed by atoms with Crippen molar-refractivity contribution in [3.05, 3.63) is 59.7 Å². The lowest BCUT2D eigenvalue weighted by Crippen LogP contribution is -2.14. The molecule has 24 heavy (non-hydrogen) atoms. The molecule has 0 saturated carbocycles. The smallest absolute Gasteiger partial charge is 0.252 e. The van der Waals surface area contributed by atoms with Gasteiger partial charge in [-0.05, 0) is 35.2 Å². The van der Waals surface area contributed by atoms with E-state index in [4.69, 9.17) is 15.2 Å². The third kappa shape index (κ3) is 5.01. The molecule has 2 aromatic rings. The molecule has 128 valence electrons. The van der Waals surface area contributed by atoms with E-state index in [0.717, 1.165) is 5.75 Å². The van der Waals surface area contributed by atoms with Crippen molar-refractivity contribution >= 4 is 5.91 Å². The first-order chi connectivity index (χ1) is 11.4. The molecule has 0 aromatic heterocycles. The van der Waals surface area contributed by atoms with E-state index in [-0.39, 0.29) is 5.41 Å². The van der Waals surface area contributed by atoms with Crippen LogP contribution in [0.1, 0.15) is 43.1 Å². The molecule has 0 radical (unpaired) electrons. The van der Waals surface area contributed by atoms with Crippen LogP contribution in [0.2, 0.25) is 0 Å². The lowest BCUT2D eigenvalue weighted by atomic mass is 9.87. The van der Waals surface area contributed by atoms with E-state index in [1.165, 1.54) is 5.56 Å². The maximum Gasteiger partial charge on any atom is 0.252 e. The Hall–Kier alpha value is -2.49. The zero-order valence-electron chi connectivity index (χ0n) is 14.5. The summed E-state index contributed by atoms with van der Waals surface area (Å²) in [6.07, 6.45) is 0.716. The standard InChI is InChI=1S/C20H25NO3/c1-20(2,3)15-9-11-16(12-10-15)23-13-6-14-24-18-8-5-4-7-17(18)19(21)22/h4-5,7-12H,6,13-14H2,1-3H3,(H2,21,22). The maximum absolute atomic E-state index is 11.3. The van der Waals surface area contributed by atoms with Crippen molar-refractivity contribution in [3.8, 4) is 11.5 Å². The summed E-state index contributed by atoms with van der Waals surface area (Å²) >= 11 is 0. The van der Waals surface area contributed by atoms with E-state index < -0.39 is 5.91 Å². The summed E-state index contributed by atoms with van der Waals surface area (Å²) in [4.78, 5) is 11.3. The Balaban J connectivity index is 1.77. The molecule has 2 N–H and O–H groups in total. The van der Waals surface area contributed by atoms with Crippen LogP contribution in [-0.4, -0.2) is 19.1 Å². The zero-order chi connectivity index (χ0) is 17.6. The second kappa shape index (κ2) is 7.86. The number of benzene rings is 2. The monoisotopic (exact) mass is 327 g/mol. The normalized spacial score (nSPS) is 11.1. The molecular weight excluding hydrogens is 302 g/mol. The van der Waals surface area contributed by atoms with Gasteiger partial charge in [-0.2, -0.15) is 0 Å². The van der Waals surface area contributed by atoms with E-state index in [9.17, 15) is 4.79 Å². The molecule has 0 aliphatic rings. The van der Waals surface area contributed by atoms with Crippen molar-refractivity contribution in [2.75, 3.05) is 13.2 Å². The SMILES string of the molecule is CC(C)(C)c1ccc(OCCCOc2ccccc2C(N)=O)cc1. The predicted octanol–water partition coefficient (Wildman–Crippen LogP) is 3.93. The number of hydrogen-bond acceptors (Lipinski definition) is 3. The quantitative estimate of drug-likeness (QED) is 0.784. The highest BCUT2D eigenvalue weighted by molar-refractivity contribution is 5.95. The summed E-state index contributed by atoms with van der Waals surface area (Å²) in [7, 11) is 0. The topological polar surface area (TPSA) is 61.6 Å². The molecule has 0 unspecified atom stereocenters. The van der Waals surface area contributed by atoms with Crippen molar-refractivity contribution in [1.29, 1.82) is 0 Å². The van der Waals surface area contributed by atoms with Crippen molar-refractivity contribution < 1.29 is 14.3 Å². The van der Waals surface area contributed by atoms with Crippen molar-refractivity contribution in [2.24, 2.45) is 5.73 Å². The zero-order valence-corrected chi connectivity index (χ0v) is 14.5. The first-order valence-corrected chi connectivity index (χ1v) is 8.13. The van der Waals surface area contributed by atoms with Crippen molar-refractivity contribution in [3.63, 3.8) is 0 Å². The van der Waals surface area contributed by atoms with E-state index in [2.05, 4.69) is 32.9 Å². The molecular formula is C20H25NO3. The summed E-state index contributed by atoms with van der Waals surface area (Å²) in [6.45, 7) is 7.57. The number of primary amides is 1. The van der Waals surface area contributed by atoms with Crippen LogP contribution in [0.15, 0.2) is 48.5 Å². The van der Waals surface area contributed by atoms with Crippen LogP contribution in [0.25, 0.3) is 0 Å². The molecule has 4 heteroatoms. The highest BCUT2D eigenvalue weighted by atomic mass is 16.5. The highest BCUT2D eigenvalue weighted by Crippen LogP contribution is 2.24. The molecule has 0 aliphatic carbocycles. The number of hydrogen-bond donors (Lipinski definition) is 1. The first kappa shape index (κ1) is 17.9.